The van der Waals surface area contributed by atoms with Gasteiger partial charge in [-0.2, -0.15) is 0 Å². The Kier molecular flexibility index (Phi) is 35.3. The molecule has 0 aromatic carbocycles. The highest BCUT2D eigenvalue weighted by Crippen LogP contribution is 2.43. The molecule has 318 valence electrons. The average Bonchev–Trinajstić information content (AvgIpc) is 3.16. The molecule has 0 spiro atoms. The Labute approximate surface area is 331 Å². The molecule has 55 heavy (non-hydrogen) atoms. The van der Waals surface area contributed by atoms with Crippen LogP contribution in [-0.2, 0) is 37.5 Å². The zero-order chi connectivity index (χ0) is 40.8. The molecule has 1 unspecified atom stereocenters. The molecule has 0 rings (SSSR count). The van der Waals surface area contributed by atoms with E-state index in [-0.39, 0.29) is 25.6 Å². The SMILES string of the molecule is CCCCCCCCCCCCCCCC(=O)O[C@H](COC(=O)CCC/C=C\C/C=C\C/C=C\C/C=C\CC[C@@H](O)CC)COP(=O)(O)OC[C@H](N)C(=O)O. The summed E-state index contributed by atoms with van der Waals surface area (Å²) < 4.78 is 32.6. The first-order chi connectivity index (χ1) is 26.5. The highest BCUT2D eigenvalue weighted by molar-refractivity contribution is 7.47. The lowest BCUT2D eigenvalue weighted by Crippen LogP contribution is -2.34. The second kappa shape index (κ2) is 37.0. The first-order valence-corrected chi connectivity index (χ1v) is 22.2. The van der Waals surface area contributed by atoms with Gasteiger partial charge in [0.15, 0.2) is 6.10 Å². The number of hydrogen-bond donors (Lipinski definition) is 4. The maximum absolute atomic E-state index is 12.6. The van der Waals surface area contributed by atoms with Gasteiger partial charge in [-0.25, -0.2) is 4.57 Å². The molecule has 12 nitrogen and oxygen atoms in total. The molecule has 0 aromatic rings. The number of hydrogen-bond acceptors (Lipinski definition) is 10. The quantitative estimate of drug-likeness (QED) is 0.0200. The van der Waals surface area contributed by atoms with E-state index in [0.717, 1.165) is 57.8 Å². The van der Waals surface area contributed by atoms with E-state index in [0.29, 0.717) is 19.3 Å². The predicted octanol–water partition coefficient (Wildman–Crippen LogP) is 9.58. The Morgan fingerprint density at radius 3 is 1.64 bits per heavy atom. The molecule has 0 aliphatic rings. The van der Waals surface area contributed by atoms with Crippen LogP contribution in [0, 0.1) is 0 Å². The van der Waals surface area contributed by atoms with Crippen LogP contribution in [0.25, 0.3) is 0 Å². The predicted molar refractivity (Wildman–Crippen MR) is 218 cm³/mol. The topological polar surface area (TPSA) is 192 Å². The highest BCUT2D eigenvalue weighted by atomic mass is 31.2. The van der Waals surface area contributed by atoms with Gasteiger partial charge in [0.05, 0.1) is 19.3 Å². The molecule has 0 aliphatic carbocycles. The number of phosphoric acid groups is 1. The van der Waals surface area contributed by atoms with Gasteiger partial charge in [-0.15, -0.1) is 0 Å². The minimum Gasteiger partial charge on any atom is -0.480 e. The van der Waals surface area contributed by atoms with E-state index in [1.165, 1.54) is 57.8 Å². The first kappa shape index (κ1) is 52.4. The number of esters is 2. The van der Waals surface area contributed by atoms with Crippen molar-refractivity contribution in [1.82, 2.24) is 0 Å². The number of carbonyl (C=O) groups excluding carboxylic acids is 2. The van der Waals surface area contributed by atoms with Crippen LogP contribution in [0.5, 0.6) is 0 Å². The number of rotatable bonds is 38. The molecule has 0 aromatic heterocycles. The molecular weight excluding hydrogens is 725 g/mol. The molecular formula is C42H74NO11P. The summed E-state index contributed by atoms with van der Waals surface area (Å²) in [6.07, 6.45) is 37.0. The van der Waals surface area contributed by atoms with Crippen molar-refractivity contribution in [2.45, 2.75) is 180 Å². The molecule has 4 atom stereocenters. The van der Waals surface area contributed by atoms with Crippen molar-refractivity contribution >= 4 is 25.7 Å². The van der Waals surface area contributed by atoms with Gasteiger partial charge in [0.2, 0.25) is 0 Å². The van der Waals surface area contributed by atoms with Gasteiger partial charge < -0.3 is 30.3 Å². The molecule has 0 aliphatic heterocycles. The van der Waals surface area contributed by atoms with Gasteiger partial charge in [-0.3, -0.25) is 23.4 Å². The molecule has 0 bridgehead atoms. The summed E-state index contributed by atoms with van der Waals surface area (Å²) in [5, 5.41) is 18.4. The van der Waals surface area contributed by atoms with Gasteiger partial charge in [0.25, 0.3) is 0 Å². The normalized spacial score (nSPS) is 14.9. The van der Waals surface area contributed by atoms with Crippen molar-refractivity contribution in [3.05, 3.63) is 48.6 Å². The lowest BCUT2D eigenvalue weighted by atomic mass is 10.0. The summed E-state index contributed by atoms with van der Waals surface area (Å²) in [6, 6.07) is -1.53. The summed E-state index contributed by atoms with van der Waals surface area (Å²) in [5.74, 6) is -2.47. The smallest absolute Gasteiger partial charge is 0.472 e. The third-order valence-corrected chi connectivity index (χ3v) is 9.69. The molecule has 0 heterocycles. The third kappa shape index (κ3) is 36.8. The number of aliphatic carboxylic acids is 1. The van der Waals surface area contributed by atoms with Gasteiger partial charge in [-0.1, -0.05) is 140 Å². The molecule has 13 heteroatoms. The lowest BCUT2D eigenvalue weighted by molar-refractivity contribution is -0.161. The first-order valence-electron chi connectivity index (χ1n) is 20.7. The number of nitrogens with two attached hydrogens (primary N) is 1. The fourth-order valence-electron chi connectivity index (χ4n) is 5.27. The fourth-order valence-corrected chi connectivity index (χ4v) is 6.05. The Morgan fingerprint density at radius 2 is 1.11 bits per heavy atom. The van der Waals surface area contributed by atoms with Gasteiger partial charge in [-0.05, 0) is 57.8 Å². The summed E-state index contributed by atoms with van der Waals surface area (Å²) in [7, 11) is -4.73. The zero-order valence-corrected chi connectivity index (χ0v) is 34.8. The number of carboxylic acid groups (broad SMARTS) is 1. The average molecular weight is 800 g/mol. The third-order valence-electron chi connectivity index (χ3n) is 8.74. The maximum Gasteiger partial charge on any atom is 0.472 e. The van der Waals surface area contributed by atoms with Crippen LogP contribution in [0.2, 0.25) is 0 Å². The van der Waals surface area contributed by atoms with Crippen molar-refractivity contribution < 1.29 is 52.6 Å². The summed E-state index contributed by atoms with van der Waals surface area (Å²) in [5.41, 5.74) is 5.32. The van der Waals surface area contributed by atoms with E-state index in [2.05, 4.69) is 47.9 Å². The Hall–Kier alpha value is -2.60. The zero-order valence-electron chi connectivity index (χ0n) is 33.9. The van der Waals surface area contributed by atoms with Gasteiger partial charge >= 0.3 is 25.7 Å². The number of aliphatic hydroxyl groups excluding tert-OH is 1. The molecule has 0 radical (unpaired) electrons. The van der Waals surface area contributed by atoms with Crippen LogP contribution in [0.4, 0.5) is 0 Å². The Morgan fingerprint density at radius 1 is 0.636 bits per heavy atom. The second-order valence-electron chi connectivity index (χ2n) is 13.9. The number of carboxylic acids is 1. The maximum atomic E-state index is 12.6. The highest BCUT2D eigenvalue weighted by Gasteiger charge is 2.28. The molecule has 0 fully saturated rings. The largest absolute Gasteiger partial charge is 0.480 e. The van der Waals surface area contributed by atoms with Crippen molar-refractivity contribution in [3.63, 3.8) is 0 Å². The van der Waals surface area contributed by atoms with Gasteiger partial charge in [0, 0.05) is 12.8 Å². The van der Waals surface area contributed by atoms with E-state index in [1.54, 1.807) is 0 Å². The Bertz CT molecular complexity index is 1140. The van der Waals surface area contributed by atoms with E-state index in [9.17, 15) is 28.9 Å². The number of unbranched alkanes of at least 4 members (excludes halogenated alkanes) is 13. The van der Waals surface area contributed by atoms with E-state index < -0.39 is 51.1 Å². The van der Waals surface area contributed by atoms with Crippen LogP contribution < -0.4 is 5.73 Å². The number of allylic oxidation sites excluding steroid dienone is 8. The second-order valence-corrected chi connectivity index (χ2v) is 15.4. The summed E-state index contributed by atoms with van der Waals surface area (Å²) in [4.78, 5) is 45.8. The van der Waals surface area contributed by atoms with Crippen LogP contribution >= 0.6 is 7.82 Å². The summed E-state index contributed by atoms with van der Waals surface area (Å²) >= 11 is 0. The van der Waals surface area contributed by atoms with Crippen LogP contribution in [-0.4, -0.2) is 71.1 Å². The Balaban J connectivity index is 4.49. The minimum absolute atomic E-state index is 0.133. The van der Waals surface area contributed by atoms with E-state index in [4.69, 9.17) is 24.8 Å². The molecule has 0 saturated carbocycles. The van der Waals surface area contributed by atoms with E-state index in [1.807, 2.05) is 19.1 Å². The minimum atomic E-state index is -4.73. The monoisotopic (exact) mass is 799 g/mol. The molecule has 5 N–H and O–H groups in total. The van der Waals surface area contributed by atoms with Gasteiger partial charge in [0.1, 0.15) is 12.6 Å². The summed E-state index contributed by atoms with van der Waals surface area (Å²) in [6.45, 7) is 2.45. The standard InChI is InChI=1S/C42H74NO11P/c1-3-5-6-7-8-9-10-13-18-21-24-27-30-33-41(46)54-38(35-52-55(49,50)53-36-39(43)42(47)48)34-51-40(45)32-29-26-23-20-17-15-12-11-14-16-19-22-25-28-31-37(44)4-2/h12,14-16,20,22-23,25,37-39,44H,3-11,13,17-19,21,24,26-36,43H2,1-2H3,(H,47,48)(H,49,50)/b15-12-,16-14-,23-20-,25-22-/t37-,38+,39-/m0/s1. The van der Waals surface area contributed by atoms with Crippen molar-refractivity contribution in [2.75, 3.05) is 19.8 Å². The number of aliphatic hydroxyl groups is 1. The lowest BCUT2D eigenvalue weighted by Gasteiger charge is -2.20. The van der Waals surface area contributed by atoms with Crippen molar-refractivity contribution in [1.29, 1.82) is 0 Å². The van der Waals surface area contributed by atoms with Crippen LogP contribution in [0.1, 0.15) is 162 Å². The van der Waals surface area contributed by atoms with Crippen molar-refractivity contribution in [3.8, 4) is 0 Å². The fraction of sp³-hybridized carbons (Fsp3) is 0.738. The van der Waals surface area contributed by atoms with Crippen molar-refractivity contribution in [2.24, 2.45) is 5.73 Å². The number of carbonyl (C=O) groups is 3. The number of phosphoric ester groups is 1. The van der Waals surface area contributed by atoms with Crippen LogP contribution in [0.3, 0.4) is 0 Å². The molecule has 0 amide bonds. The number of ether oxygens (including phenoxy) is 2. The van der Waals surface area contributed by atoms with Crippen LogP contribution in [0.15, 0.2) is 48.6 Å². The molecule has 0 saturated heterocycles. The van der Waals surface area contributed by atoms with E-state index >= 15 is 0 Å².